The minimum atomic E-state index is -0.266. The van der Waals surface area contributed by atoms with Gasteiger partial charge in [0.05, 0.1) is 30.0 Å². The summed E-state index contributed by atoms with van der Waals surface area (Å²) in [7, 11) is 0. The molecule has 2 aromatic rings. The number of rotatable bonds is 4. The summed E-state index contributed by atoms with van der Waals surface area (Å²) < 4.78 is 7.65. The van der Waals surface area contributed by atoms with Crippen molar-refractivity contribution >= 4 is 0 Å². The zero-order chi connectivity index (χ0) is 20.7. The van der Waals surface area contributed by atoms with Crippen LogP contribution in [0.1, 0.15) is 39.2 Å². The zero-order valence-corrected chi connectivity index (χ0v) is 17.0. The molecule has 8 nitrogen and oxygen atoms in total. The molecule has 2 aliphatic rings. The van der Waals surface area contributed by atoms with Gasteiger partial charge in [0.15, 0.2) is 0 Å². The summed E-state index contributed by atoms with van der Waals surface area (Å²) in [6.45, 7) is 8.49. The molecule has 2 atom stereocenters. The number of ether oxygens (including phenoxy) is 1. The van der Waals surface area contributed by atoms with Crippen molar-refractivity contribution in [2.75, 3.05) is 0 Å². The van der Waals surface area contributed by atoms with Gasteiger partial charge in [-0.1, -0.05) is 31.2 Å². The number of benzene rings is 1. The highest BCUT2D eigenvalue weighted by atomic mass is 16.5. The first kappa shape index (κ1) is 19.0. The fourth-order valence-corrected chi connectivity index (χ4v) is 3.94. The van der Waals surface area contributed by atoms with Crippen LogP contribution < -0.4 is 11.2 Å². The lowest BCUT2D eigenvalue weighted by atomic mass is 9.78. The Bertz CT molecular complexity index is 997. The summed E-state index contributed by atoms with van der Waals surface area (Å²) in [5.74, 6) is 0.912. The molecule has 2 aliphatic heterocycles. The third-order valence-electron chi connectivity index (χ3n) is 5.37. The Morgan fingerprint density at radius 3 is 2.48 bits per heavy atom. The Morgan fingerprint density at radius 1 is 1.21 bits per heavy atom. The van der Waals surface area contributed by atoms with E-state index in [9.17, 15) is 5.26 Å². The molecule has 0 fully saturated rings. The van der Waals surface area contributed by atoms with Gasteiger partial charge in [0.2, 0.25) is 11.8 Å². The number of hydrogen-bond acceptors (Lipinski definition) is 7. The van der Waals surface area contributed by atoms with E-state index in [-0.39, 0.29) is 23.9 Å². The van der Waals surface area contributed by atoms with Crippen LogP contribution in [0.5, 0.6) is 0 Å². The van der Waals surface area contributed by atoms with E-state index < -0.39 is 0 Å². The van der Waals surface area contributed by atoms with Crippen LogP contribution >= 0.6 is 0 Å². The van der Waals surface area contributed by atoms with Gasteiger partial charge in [-0.15, -0.1) is 5.10 Å². The Balaban J connectivity index is 1.82. The van der Waals surface area contributed by atoms with Crippen LogP contribution in [0.15, 0.2) is 59.6 Å². The number of hydrogen-bond donors (Lipinski definition) is 2. The van der Waals surface area contributed by atoms with Gasteiger partial charge >= 0.3 is 0 Å². The van der Waals surface area contributed by atoms with E-state index in [0.29, 0.717) is 17.4 Å². The van der Waals surface area contributed by atoms with Gasteiger partial charge in [0, 0.05) is 11.6 Å². The third kappa shape index (κ3) is 3.13. The van der Waals surface area contributed by atoms with Crippen molar-refractivity contribution in [3.8, 4) is 11.8 Å². The molecule has 0 saturated heterocycles. The minimum absolute atomic E-state index is 0.0452. The number of nitrogens with zero attached hydrogens (tertiary/aromatic N) is 5. The van der Waals surface area contributed by atoms with E-state index in [0.717, 1.165) is 16.8 Å². The second-order valence-corrected chi connectivity index (χ2v) is 7.94. The van der Waals surface area contributed by atoms with Crippen molar-refractivity contribution in [1.29, 1.82) is 5.26 Å². The van der Waals surface area contributed by atoms with E-state index in [1.54, 1.807) is 17.1 Å². The lowest BCUT2D eigenvalue weighted by Gasteiger charge is -2.30. The van der Waals surface area contributed by atoms with Crippen LogP contribution in [-0.2, 0) is 4.74 Å². The topological polar surface area (TPSA) is 105 Å². The fourth-order valence-electron chi connectivity index (χ4n) is 3.94. The quantitative estimate of drug-likeness (QED) is 0.825. The minimum Gasteiger partial charge on any atom is -0.423 e. The predicted octanol–water partition coefficient (Wildman–Crippen LogP) is 2.54. The van der Waals surface area contributed by atoms with Crippen molar-refractivity contribution in [1.82, 2.24) is 25.4 Å². The Hall–Kier alpha value is -3.31. The smallest absolute Gasteiger partial charge is 0.214 e. The molecule has 0 spiro atoms. The SMILES string of the molecule is CC(C)C1NN(C(C)C)C2=C1C(c1ccc(-n3ccnn3)cc1)C(C#N)=C(N)O2. The summed E-state index contributed by atoms with van der Waals surface area (Å²) >= 11 is 0. The van der Waals surface area contributed by atoms with Crippen LogP contribution in [0.3, 0.4) is 0 Å². The molecule has 0 radical (unpaired) electrons. The fraction of sp³-hybridized carbons (Fsp3) is 0.381. The van der Waals surface area contributed by atoms with E-state index in [1.165, 1.54) is 0 Å². The summed E-state index contributed by atoms with van der Waals surface area (Å²) in [6, 6.07) is 10.5. The van der Waals surface area contributed by atoms with Crippen molar-refractivity contribution in [2.45, 2.75) is 45.7 Å². The number of hydrazine groups is 1. The normalized spacial score (nSPS) is 21.6. The molecule has 0 saturated carbocycles. The monoisotopic (exact) mass is 391 g/mol. The van der Waals surface area contributed by atoms with E-state index >= 15 is 0 Å². The largest absolute Gasteiger partial charge is 0.423 e. The van der Waals surface area contributed by atoms with Gasteiger partial charge in [0.1, 0.15) is 11.6 Å². The zero-order valence-electron chi connectivity index (χ0n) is 17.0. The van der Waals surface area contributed by atoms with Crippen molar-refractivity contribution in [2.24, 2.45) is 11.7 Å². The van der Waals surface area contributed by atoms with Gasteiger partial charge in [-0.05, 0) is 37.5 Å². The molecule has 8 heteroatoms. The maximum atomic E-state index is 9.87. The standard InChI is InChI=1S/C21H25N7O/c1-12(2)19-18-17(14-5-7-15(8-6-14)27-10-9-24-26-27)16(11-22)20(23)29-21(18)28(25-19)13(3)4/h5-10,12-13,17,19,25H,23H2,1-4H3. The molecule has 4 rings (SSSR count). The number of nitrogens with one attached hydrogen (secondary N) is 1. The van der Waals surface area contributed by atoms with Crippen LogP contribution in [0.2, 0.25) is 0 Å². The number of allylic oxidation sites excluding steroid dienone is 1. The molecule has 150 valence electrons. The average Bonchev–Trinajstić information content (AvgIpc) is 3.35. The number of nitrogens with two attached hydrogens (primary N) is 1. The number of aromatic nitrogens is 3. The molecule has 1 aromatic carbocycles. The van der Waals surface area contributed by atoms with Crippen molar-refractivity contribution in [3.63, 3.8) is 0 Å². The maximum Gasteiger partial charge on any atom is 0.214 e. The van der Waals surface area contributed by atoms with E-state index in [1.807, 2.05) is 29.3 Å². The summed E-state index contributed by atoms with van der Waals surface area (Å²) in [5, 5.41) is 19.8. The molecule has 3 N–H and O–H groups in total. The molecule has 0 amide bonds. The summed E-state index contributed by atoms with van der Waals surface area (Å²) in [5.41, 5.74) is 13.1. The second kappa shape index (κ2) is 7.26. The van der Waals surface area contributed by atoms with Gasteiger partial charge in [-0.3, -0.25) is 5.01 Å². The van der Waals surface area contributed by atoms with Crippen molar-refractivity contribution in [3.05, 3.63) is 65.1 Å². The number of nitriles is 1. The van der Waals surface area contributed by atoms with Gasteiger partial charge in [0.25, 0.3) is 0 Å². The van der Waals surface area contributed by atoms with Gasteiger partial charge < -0.3 is 10.5 Å². The molecule has 1 aromatic heterocycles. The van der Waals surface area contributed by atoms with Crippen LogP contribution in [0.4, 0.5) is 0 Å². The highest BCUT2D eigenvalue weighted by molar-refractivity contribution is 5.52. The Morgan fingerprint density at radius 2 is 1.93 bits per heavy atom. The van der Waals surface area contributed by atoms with E-state index in [4.69, 9.17) is 10.5 Å². The molecule has 2 unspecified atom stereocenters. The van der Waals surface area contributed by atoms with Crippen LogP contribution in [0.25, 0.3) is 5.69 Å². The molecule has 3 heterocycles. The first-order valence-corrected chi connectivity index (χ1v) is 9.76. The molecule has 29 heavy (non-hydrogen) atoms. The third-order valence-corrected chi connectivity index (χ3v) is 5.37. The van der Waals surface area contributed by atoms with E-state index in [2.05, 4.69) is 49.5 Å². The predicted molar refractivity (Wildman–Crippen MR) is 108 cm³/mol. The lowest BCUT2D eigenvalue weighted by Crippen LogP contribution is -2.44. The maximum absolute atomic E-state index is 9.87. The highest BCUT2D eigenvalue weighted by Gasteiger charge is 2.45. The average molecular weight is 391 g/mol. The first-order chi connectivity index (χ1) is 13.9. The summed E-state index contributed by atoms with van der Waals surface area (Å²) in [6.07, 6.45) is 3.43. The Kier molecular flexibility index (Phi) is 4.76. The second-order valence-electron chi connectivity index (χ2n) is 7.94. The molecule has 0 bridgehead atoms. The molecule has 0 aliphatic carbocycles. The molecular formula is C21H25N7O. The van der Waals surface area contributed by atoms with Crippen molar-refractivity contribution < 1.29 is 4.74 Å². The first-order valence-electron chi connectivity index (χ1n) is 9.76. The Labute approximate surface area is 170 Å². The molecular weight excluding hydrogens is 366 g/mol. The van der Waals surface area contributed by atoms with Crippen LogP contribution in [-0.4, -0.2) is 32.1 Å². The lowest BCUT2D eigenvalue weighted by molar-refractivity contribution is 0.0964. The van der Waals surface area contributed by atoms with Crippen LogP contribution in [0, 0.1) is 17.2 Å². The van der Waals surface area contributed by atoms with Gasteiger partial charge in [-0.2, -0.15) is 5.26 Å². The highest BCUT2D eigenvalue weighted by Crippen LogP contribution is 2.45. The summed E-state index contributed by atoms with van der Waals surface area (Å²) in [4.78, 5) is 0. The van der Waals surface area contributed by atoms with Gasteiger partial charge in [-0.25, -0.2) is 10.1 Å².